The molecule has 0 fully saturated rings. The summed E-state index contributed by atoms with van der Waals surface area (Å²) in [6, 6.07) is 11.5. The Bertz CT molecular complexity index is 934. The molecule has 0 unspecified atom stereocenters. The van der Waals surface area contributed by atoms with Gasteiger partial charge in [0.2, 0.25) is 0 Å². The molecule has 0 spiro atoms. The number of nitrogens with one attached hydrogen (secondary N) is 1. The van der Waals surface area contributed by atoms with Gasteiger partial charge in [0, 0.05) is 18.0 Å². The number of carboxylic acid groups (broad SMARTS) is 1. The number of fused-ring (bicyclic) bond motifs is 1. The molecule has 7 nitrogen and oxygen atoms in total. The molecule has 2 heterocycles. The van der Waals surface area contributed by atoms with Crippen molar-refractivity contribution in [2.45, 2.75) is 38.8 Å². The van der Waals surface area contributed by atoms with Crippen LogP contribution in [-0.2, 0) is 11.4 Å². The van der Waals surface area contributed by atoms with E-state index in [0.29, 0.717) is 17.7 Å². The third kappa shape index (κ3) is 4.88. The van der Waals surface area contributed by atoms with Gasteiger partial charge in [-0.25, -0.2) is 9.78 Å². The van der Waals surface area contributed by atoms with Crippen LogP contribution in [-0.4, -0.2) is 32.4 Å². The number of carboxylic acids is 1. The SMILES string of the molecule is CCCC[C@H](NC(=O)c1cccc(OCc2cn3ccccc3n2)c1)C(=O)O. The number of amides is 1. The van der Waals surface area contributed by atoms with Crippen LogP contribution in [0.2, 0.25) is 0 Å². The van der Waals surface area contributed by atoms with Crippen LogP contribution in [0, 0.1) is 0 Å². The van der Waals surface area contributed by atoms with Crippen LogP contribution in [0.1, 0.15) is 42.2 Å². The van der Waals surface area contributed by atoms with Crippen molar-refractivity contribution in [2.24, 2.45) is 0 Å². The van der Waals surface area contributed by atoms with Crippen LogP contribution in [0.3, 0.4) is 0 Å². The summed E-state index contributed by atoms with van der Waals surface area (Å²) >= 11 is 0. The van der Waals surface area contributed by atoms with E-state index in [4.69, 9.17) is 4.74 Å². The molecule has 0 aliphatic carbocycles. The van der Waals surface area contributed by atoms with Gasteiger partial charge in [0.05, 0.1) is 5.69 Å². The number of pyridine rings is 1. The fourth-order valence-corrected chi connectivity index (χ4v) is 2.85. The number of aliphatic carboxylic acids is 1. The predicted octanol–water partition coefficient (Wildman–Crippen LogP) is 3.29. The van der Waals surface area contributed by atoms with E-state index >= 15 is 0 Å². The van der Waals surface area contributed by atoms with Crippen molar-refractivity contribution in [1.29, 1.82) is 0 Å². The summed E-state index contributed by atoms with van der Waals surface area (Å²) in [5.41, 5.74) is 1.96. The molecular weight excluding hydrogens is 358 g/mol. The highest BCUT2D eigenvalue weighted by Gasteiger charge is 2.20. The molecule has 0 bridgehead atoms. The van der Waals surface area contributed by atoms with E-state index in [2.05, 4.69) is 10.3 Å². The van der Waals surface area contributed by atoms with Crippen molar-refractivity contribution in [1.82, 2.24) is 14.7 Å². The number of hydrogen-bond donors (Lipinski definition) is 2. The Labute approximate surface area is 163 Å². The average Bonchev–Trinajstić information content (AvgIpc) is 3.12. The van der Waals surface area contributed by atoms with Gasteiger partial charge in [-0.2, -0.15) is 0 Å². The number of carbonyl (C=O) groups is 2. The molecule has 1 amide bonds. The topological polar surface area (TPSA) is 92.9 Å². The monoisotopic (exact) mass is 381 g/mol. The van der Waals surface area contributed by atoms with E-state index in [1.54, 1.807) is 24.3 Å². The zero-order chi connectivity index (χ0) is 19.9. The summed E-state index contributed by atoms with van der Waals surface area (Å²) in [5, 5.41) is 11.8. The quantitative estimate of drug-likeness (QED) is 0.593. The molecular formula is C21H23N3O4. The summed E-state index contributed by atoms with van der Waals surface area (Å²) in [4.78, 5) is 28.2. The molecule has 0 aliphatic heterocycles. The maximum absolute atomic E-state index is 12.4. The number of rotatable bonds is 9. The number of nitrogens with zero attached hydrogens (tertiary/aromatic N) is 2. The Morgan fingerprint density at radius 3 is 2.86 bits per heavy atom. The fourth-order valence-electron chi connectivity index (χ4n) is 2.85. The Hall–Kier alpha value is -3.35. The van der Waals surface area contributed by atoms with Gasteiger partial charge in [0.15, 0.2) is 0 Å². The highest BCUT2D eigenvalue weighted by molar-refractivity contribution is 5.96. The van der Waals surface area contributed by atoms with E-state index in [-0.39, 0.29) is 6.61 Å². The van der Waals surface area contributed by atoms with Crippen molar-refractivity contribution in [3.05, 3.63) is 66.1 Å². The van der Waals surface area contributed by atoms with Gasteiger partial charge < -0.3 is 19.6 Å². The Kier molecular flexibility index (Phi) is 6.26. The van der Waals surface area contributed by atoms with E-state index in [1.807, 2.05) is 41.9 Å². The number of benzene rings is 1. The van der Waals surface area contributed by atoms with Crippen LogP contribution < -0.4 is 10.1 Å². The minimum Gasteiger partial charge on any atom is -0.487 e. The van der Waals surface area contributed by atoms with E-state index in [9.17, 15) is 14.7 Å². The molecule has 0 aliphatic rings. The molecule has 146 valence electrons. The van der Waals surface area contributed by atoms with Gasteiger partial charge in [0.1, 0.15) is 24.0 Å². The van der Waals surface area contributed by atoms with Gasteiger partial charge in [-0.3, -0.25) is 4.79 Å². The zero-order valence-corrected chi connectivity index (χ0v) is 15.7. The van der Waals surface area contributed by atoms with Crippen LogP contribution in [0.5, 0.6) is 5.75 Å². The van der Waals surface area contributed by atoms with Crippen LogP contribution in [0.25, 0.3) is 5.65 Å². The Morgan fingerprint density at radius 2 is 2.11 bits per heavy atom. The van der Waals surface area contributed by atoms with E-state index < -0.39 is 17.9 Å². The standard InChI is InChI=1S/C21H23N3O4/c1-2-3-9-18(21(26)27)23-20(25)15-7-6-8-17(12-15)28-14-16-13-24-11-5-4-10-19(24)22-16/h4-8,10-13,18H,2-3,9,14H2,1H3,(H,23,25)(H,26,27)/t18-/m0/s1. The summed E-state index contributed by atoms with van der Waals surface area (Å²) in [6.45, 7) is 2.24. The molecule has 7 heteroatoms. The minimum atomic E-state index is -1.03. The highest BCUT2D eigenvalue weighted by Crippen LogP contribution is 2.16. The second-order valence-corrected chi connectivity index (χ2v) is 6.52. The number of carbonyl (C=O) groups excluding carboxylic acids is 1. The van der Waals surface area contributed by atoms with Crippen LogP contribution >= 0.6 is 0 Å². The molecule has 1 atom stereocenters. The summed E-state index contributed by atoms with van der Waals surface area (Å²) < 4.78 is 7.67. The first kappa shape index (κ1) is 19.4. The fraction of sp³-hybridized carbons (Fsp3) is 0.286. The van der Waals surface area contributed by atoms with Gasteiger partial charge in [-0.15, -0.1) is 0 Å². The third-order valence-electron chi connectivity index (χ3n) is 4.35. The van der Waals surface area contributed by atoms with Gasteiger partial charge >= 0.3 is 5.97 Å². The lowest BCUT2D eigenvalue weighted by Gasteiger charge is -2.14. The molecule has 3 rings (SSSR count). The smallest absolute Gasteiger partial charge is 0.326 e. The first-order chi connectivity index (χ1) is 13.6. The van der Waals surface area contributed by atoms with E-state index in [1.165, 1.54) is 0 Å². The molecule has 2 aromatic heterocycles. The molecule has 3 aromatic rings. The minimum absolute atomic E-state index is 0.265. The molecule has 0 radical (unpaired) electrons. The third-order valence-corrected chi connectivity index (χ3v) is 4.35. The molecule has 0 saturated carbocycles. The van der Waals surface area contributed by atoms with Gasteiger partial charge in [0.25, 0.3) is 5.91 Å². The molecule has 28 heavy (non-hydrogen) atoms. The maximum Gasteiger partial charge on any atom is 0.326 e. The van der Waals surface area contributed by atoms with Crippen LogP contribution in [0.15, 0.2) is 54.9 Å². The summed E-state index contributed by atoms with van der Waals surface area (Å²) in [5.74, 6) is -0.937. The summed E-state index contributed by atoms with van der Waals surface area (Å²) in [7, 11) is 0. The maximum atomic E-state index is 12.4. The first-order valence-corrected chi connectivity index (χ1v) is 9.26. The molecule has 1 aromatic carbocycles. The van der Waals surface area contributed by atoms with Crippen molar-refractivity contribution < 1.29 is 19.4 Å². The van der Waals surface area contributed by atoms with Crippen molar-refractivity contribution in [2.75, 3.05) is 0 Å². The van der Waals surface area contributed by atoms with E-state index in [0.717, 1.165) is 24.2 Å². The number of hydrogen-bond acceptors (Lipinski definition) is 4. The van der Waals surface area contributed by atoms with Crippen LogP contribution in [0.4, 0.5) is 0 Å². The average molecular weight is 381 g/mol. The number of imidazole rings is 1. The zero-order valence-electron chi connectivity index (χ0n) is 15.7. The largest absolute Gasteiger partial charge is 0.487 e. The number of unbranched alkanes of at least 4 members (excludes halogenated alkanes) is 1. The van der Waals surface area contributed by atoms with Gasteiger partial charge in [-0.05, 0) is 36.8 Å². The molecule has 2 N–H and O–H groups in total. The first-order valence-electron chi connectivity index (χ1n) is 9.26. The van der Waals surface area contributed by atoms with Gasteiger partial charge in [-0.1, -0.05) is 31.9 Å². The predicted molar refractivity (Wildman–Crippen MR) is 104 cm³/mol. The second-order valence-electron chi connectivity index (χ2n) is 6.52. The lowest BCUT2D eigenvalue weighted by atomic mass is 10.1. The molecule has 0 saturated heterocycles. The second kappa shape index (κ2) is 9.03. The normalized spacial score (nSPS) is 11.9. The number of ether oxygens (including phenoxy) is 1. The van der Waals surface area contributed by atoms with Crippen molar-refractivity contribution in [3.8, 4) is 5.75 Å². The van der Waals surface area contributed by atoms with Crippen molar-refractivity contribution >= 4 is 17.5 Å². The summed E-state index contributed by atoms with van der Waals surface area (Å²) in [6.07, 6.45) is 5.80. The lowest BCUT2D eigenvalue weighted by Crippen LogP contribution is -2.40. The highest BCUT2D eigenvalue weighted by atomic mass is 16.5. The van der Waals surface area contributed by atoms with Crippen molar-refractivity contribution in [3.63, 3.8) is 0 Å². The Balaban J connectivity index is 1.64. The number of aromatic nitrogens is 2. The lowest BCUT2D eigenvalue weighted by molar-refractivity contribution is -0.139. The Morgan fingerprint density at radius 1 is 1.25 bits per heavy atom.